The van der Waals surface area contributed by atoms with Gasteiger partial charge in [0.05, 0.1) is 19.8 Å². The van der Waals surface area contributed by atoms with Gasteiger partial charge in [0.1, 0.15) is 5.75 Å². The van der Waals surface area contributed by atoms with E-state index in [0.717, 1.165) is 38.3 Å². The van der Waals surface area contributed by atoms with Gasteiger partial charge in [0.15, 0.2) is 0 Å². The molecule has 2 amide bonds. The molecule has 4 rings (SSSR count). The molecule has 6 heteroatoms. The van der Waals surface area contributed by atoms with Crippen LogP contribution >= 0.6 is 0 Å². The average molecular weight is 414 g/mol. The summed E-state index contributed by atoms with van der Waals surface area (Å²) in [6, 6.07) is 8.57. The van der Waals surface area contributed by atoms with E-state index in [1.54, 1.807) is 0 Å². The van der Waals surface area contributed by atoms with Crippen molar-refractivity contribution in [3.63, 3.8) is 0 Å². The van der Waals surface area contributed by atoms with Crippen LogP contribution in [0.3, 0.4) is 0 Å². The SMILES string of the molecule is O=C(N1CC=C(c2ccc(OCCCN3CCCCC3)cc2)CC1)N1CCOCC1. The van der Waals surface area contributed by atoms with Crippen molar-refractivity contribution in [3.05, 3.63) is 35.9 Å². The zero-order valence-corrected chi connectivity index (χ0v) is 18.1. The van der Waals surface area contributed by atoms with E-state index in [4.69, 9.17) is 9.47 Å². The van der Waals surface area contributed by atoms with Gasteiger partial charge in [-0.1, -0.05) is 24.6 Å². The van der Waals surface area contributed by atoms with Gasteiger partial charge < -0.3 is 24.2 Å². The second-order valence-corrected chi connectivity index (χ2v) is 8.44. The van der Waals surface area contributed by atoms with Gasteiger partial charge in [-0.3, -0.25) is 0 Å². The van der Waals surface area contributed by atoms with Crippen molar-refractivity contribution in [1.29, 1.82) is 0 Å². The highest BCUT2D eigenvalue weighted by Crippen LogP contribution is 2.25. The van der Waals surface area contributed by atoms with E-state index >= 15 is 0 Å². The Morgan fingerprint density at radius 3 is 2.40 bits per heavy atom. The van der Waals surface area contributed by atoms with Crippen molar-refractivity contribution >= 4 is 11.6 Å². The second kappa shape index (κ2) is 10.8. The number of hydrogen-bond donors (Lipinski definition) is 0. The predicted octanol–water partition coefficient (Wildman–Crippen LogP) is 3.48. The number of hydrogen-bond acceptors (Lipinski definition) is 4. The molecule has 6 nitrogen and oxygen atoms in total. The zero-order chi connectivity index (χ0) is 20.6. The van der Waals surface area contributed by atoms with E-state index in [1.165, 1.54) is 43.5 Å². The Labute approximate surface area is 180 Å². The highest BCUT2D eigenvalue weighted by Gasteiger charge is 2.24. The third-order valence-corrected chi connectivity index (χ3v) is 6.32. The van der Waals surface area contributed by atoms with Crippen LogP contribution in [0.1, 0.15) is 37.7 Å². The molecule has 0 N–H and O–H groups in total. The van der Waals surface area contributed by atoms with Gasteiger partial charge >= 0.3 is 6.03 Å². The molecule has 2 saturated heterocycles. The van der Waals surface area contributed by atoms with E-state index in [-0.39, 0.29) is 6.03 Å². The first-order valence-corrected chi connectivity index (χ1v) is 11.6. The molecule has 0 radical (unpaired) electrons. The van der Waals surface area contributed by atoms with E-state index in [2.05, 4.69) is 35.2 Å². The smallest absolute Gasteiger partial charge is 0.320 e. The Morgan fingerprint density at radius 2 is 1.70 bits per heavy atom. The minimum Gasteiger partial charge on any atom is -0.494 e. The molecular formula is C24H35N3O3. The number of urea groups is 1. The summed E-state index contributed by atoms with van der Waals surface area (Å²) in [4.78, 5) is 19.0. The molecule has 1 aromatic carbocycles. The summed E-state index contributed by atoms with van der Waals surface area (Å²) in [5.41, 5.74) is 2.55. The van der Waals surface area contributed by atoms with Crippen LogP contribution in [0, 0.1) is 0 Å². The van der Waals surface area contributed by atoms with Crippen LogP contribution in [0.2, 0.25) is 0 Å². The van der Waals surface area contributed by atoms with Gasteiger partial charge in [-0.05, 0) is 62.0 Å². The van der Waals surface area contributed by atoms with Gasteiger partial charge in [0, 0.05) is 32.7 Å². The summed E-state index contributed by atoms with van der Waals surface area (Å²) in [7, 11) is 0. The summed E-state index contributed by atoms with van der Waals surface area (Å²) >= 11 is 0. The molecule has 0 aliphatic carbocycles. The number of benzene rings is 1. The molecule has 3 aliphatic rings. The maximum atomic E-state index is 12.6. The van der Waals surface area contributed by atoms with Crippen molar-refractivity contribution in [2.45, 2.75) is 32.1 Å². The van der Waals surface area contributed by atoms with Crippen molar-refractivity contribution in [1.82, 2.24) is 14.7 Å². The monoisotopic (exact) mass is 413 g/mol. The summed E-state index contributed by atoms with van der Waals surface area (Å²) < 4.78 is 11.3. The standard InChI is InChI=1S/C24H35N3O3/c28-24(27-16-19-29-20-17-27)26-14-9-22(10-15-26)21-5-7-23(8-6-21)30-18-4-13-25-11-2-1-3-12-25/h5-9H,1-4,10-20H2. The maximum absolute atomic E-state index is 12.6. The fourth-order valence-corrected chi connectivity index (χ4v) is 4.49. The first-order chi connectivity index (χ1) is 14.8. The Kier molecular flexibility index (Phi) is 7.65. The molecule has 3 aliphatic heterocycles. The Balaban J connectivity index is 1.21. The predicted molar refractivity (Wildman–Crippen MR) is 119 cm³/mol. The number of amides is 2. The minimum absolute atomic E-state index is 0.141. The Bertz CT molecular complexity index is 707. The molecule has 1 aromatic rings. The number of carbonyl (C=O) groups is 1. The number of morpholine rings is 1. The summed E-state index contributed by atoms with van der Waals surface area (Å²) in [6.07, 6.45) is 8.25. The van der Waals surface area contributed by atoms with Crippen LogP contribution in [0.25, 0.3) is 5.57 Å². The molecule has 0 aromatic heterocycles. The van der Waals surface area contributed by atoms with Gasteiger partial charge in [-0.2, -0.15) is 0 Å². The lowest BCUT2D eigenvalue weighted by Crippen LogP contribution is -2.49. The van der Waals surface area contributed by atoms with Gasteiger partial charge in [0.2, 0.25) is 0 Å². The Hall–Kier alpha value is -2.05. The normalized spacial score (nSPS) is 20.7. The van der Waals surface area contributed by atoms with E-state index < -0.39 is 0 Å². The molecular weight excluding hydrogens is 378 g/mol. The average Bonchev–Trinajstić information content (AvgIpc) is 2.83. The van der Waals surface area contributed by atoms with Crippen molar-refractivity contribution in [2.24, 2.45) is 0 Å². The van der Waals surface area contributed by atoms with Crippen LogP contribution in [-0.4, -0.2) is 86.4 Å². The highest BCUT2D eigenvalue weighted by atomic mass is 16.5. The van der Waals surface area contributed by atoms with Gasteiger partial charge in [0.25, 0.3) is 0 Å². The number of nitrogens with zero attached hydrogens (tertiary/aromatic N) is 3. The van der Waals surface area contributed by atoms with Crippen molar-refractivity contribution < 1.29 is 14.3 Å². The number of ether oxygens (including phenoxy) is 2. The maximum Gasteiger partial charge on any atom is 0.320 e. The first kappa shape index (κ1) is 21.2. The van der Waals surface area contributed by atoms with Gasteiger partial charge in [-0.15, -0.1) is 0 Å². The highest BCUT2D eigenvalue weighted by molar-refractivity contribution is 5.77. The molecule has 0 saturated carbocycles. The molecule has 0 unspecified atom stereocenters. The molecule has 0 atom stereocenters. The fraction of sp³-hybridized carbons (Fsp3) is 0.625. The van der Waals surface area contributed by atoms with Crippen LogP contribution in [-0.2, 0) is 4.74 Å². The first-order valence-electron chi connectivity index (χ1n) is 11.6. The Morgan fingerprint density at radius 1 is 0.933 bits per heavy atom. The lowest BCUT2D eigenvalue weighted by Gasteiger charge is -2.34. The molecule has 0 spiro atoms. The lowest BCUT2D eigenvalue weighted by molar-refractivity contribution is 0.0441. The molecule has 164 valence electrons. The van der Waals surface area contributed by atoms with E-state index in [0.29, 0.717) is 32.8 Å². The number of rotatable bonds is 6. The largest absolute Gasteiger partial charge is 0.494 e. The van der Waals surface area contributed by atoms with Crippen molar-refractivity contribution in [2.75, 3.05) is 65.6 Å². The zero-order valence-electron chi connectivity index (χ0n) is 18.1. The number of carbonyl (C=O) groups excluding carboxylic acids is 1. The van der Waals surface area contributed by atoms with Crippen molar-refractivity contribution in [3.8, 4) is 5.75 Å². The molecule has 2 fully saturated rings. The van der Waals surface area contributed by atoms with E-state index in [9.17, 15) is 4.79 Å². The topological polar surface area (TPSA) is 45.2 Å². The third kappa shape index (κ3) is 5.76. The quantitative estimate of drug-likeness (QED) is 0.670. The second-order valence-electron chi connectivity index (χ2n) is 8.44. The minimum atomic E-state index is 0.141. The van der Waals surface area contributed by atoms with Crippen LogP contribution < -0.4 is 4.74 Å². The summed E-state index contributed by atoms with van der Waals surface area (Å²) in [5.74, 6) is 0.943. The molecule has 30 heavy (non-hydrogen) atoms. The number of piperidine rings is 1. The fourth-order valence-electron chi connectivity index (χ4n) is 4.49. The lowest BCUT2D eigenvalue weighted by atomic mass is 9.99. The molecule has 3 heterocycles. The van der Waals surface area contributed by atoms with Crippen LogP contribution in [0.4, 0.5) is 4.79 Å². The van der Waals surface area contributed by atoms with E-state index in [1.807, 2.05) is 9.80 Å². The summed E-state index contributed by atoms with van der Waals surface area (Å²) in [6.45, 7) is 8.56. The number of likely N-dealkylation sites (tertiary alicyclic amines) is 1. The third-order valence-electron chi connectivity index (χ3n) is 6.32. The van der Waals surface area contributed by atoms with Crippen LogP contribution in [0.5, 0.6) is 5.75 Å². The molecule has 0 bridgehead atoms. The van der Waals surface area contributed by atoms with Gasteiger partial charge in [-0.25, -0.2) is 4.79 Å². The van der Waals surface area contributed by atoms with Crippen LogP contribution in [0.15, 0.2) is 30.3 Å². The summed E-state index contributed by atoms with van der Waals surface area (Å²) in [5, 5.41) is 0.